The van der Waals surface area contributed by atoms with Crippen molar-refractivity contribution in [1.29, 1.82) is 0 Å². The van der Waals surface area contributed by atoms with Gasteiger partial charge in [-0.25, -0.2) is 15.8 Å². The molecular weight excluding hydrogens is 240 g/mol. The first kappa shape index (κ1) is 12.8. The van der Waals surface area contributed by atoms with Gasteiger partial charge in [0.15, 0.2) is 0 Å². The molecule has 1 aliphatic carbocycles. The van der Waals surface area contributed by atoms with E-state index in [1.165, 1.54) is 30.5 Å². The second-order valence-corrected chi connectivity index (χ2v) is 5.46. The molecule has 0 radical (unpaired) electrons. The third-order valence-corrected chi connectivity index (χ3v) is 4.05. The molecule has 1 aromatic heterocycles. The minimum absolute atomic E-state index is 0.287. The van der Waals surface area contributed by atoms with Gasteiger partial charge in [-0.1, -0.05) is 6.42 Å². The number of hydrazine groups is 1. The summed E-state index contributed by atoms with van der Waals surface area (Å²) in [6.07, 6.45) is 9.13. The average Bonchev–Trinajstić information content (AvgIpc) is 2.81. The minimum Gasteiger partial charge on any atom is -0.378 e. The molecule has 0 amide bonds. The van der Waals surface area contributed by atoms with Crippen molar-refractivity contribution in [2.45, 2.75) is 57.5 Å². The second-order valence-electron chi connectivity index (χ2n) is 5.46. The molecule has 5 heteroatoms. The van der Waals surface area contributed by atoms with Crippen molar-refractivity contribution in [3.63, 3.8) is 0 Å². The zero-order chi connectivity index (χ0) is 13.1. The molecule has 0 bridgehead atoms. The Kier molecular flexibility index (Phi) is 3.94. The summed E-state index contributed by atoms with van der Waals surface area (Å²) >= 11 is 0. The molecular formula is C14H22N4O. The standard InChI is InChI=1S/C14H22N4O/c15-18-14-11-6-2-1-3-7-12(11)16-13(17-14)9-10-5-4-8-19-10/h10H,1-9,15H2,(H,16,17,18). The Morgan fingerprint density at radius 1 is 1.16 bits per heavy atom. The number of rotatable bonds is 3. The number of hydrogen-bond acceptors (Lipinski definition) is 5. The fourth-order valence-corrected chi connectivity index (χ4v) is 3.04. The van der Waals surface area contributed by atoms with Crippen molar-refractivity contribution in [3.05, 3.63) is 17.1 Å². The van der Waals surface area contributed by atoms with Crippen molar-refractivity contribution in [2.75, 3.05) is 12.0 Å². The lowest BCUT2D eigenvalue weighted by Crippen LogP contribution is -2.18. The zero-order valence-electron chi connectivity index (χ0n) is 11.3. The van der Waals surface area contributed by atoms with E-state index in [-0.39, 0.29) is 6.10 Å². The van der Waals surface area contributed by atoms with E-state index in [0.29, 0.717) is 0 Å². The molecule has 2 aliphatic rings. The predicted octanol–water partition coefficient (Wildman–Crippen LogP) is 1.75. The van der Waals surface area contributed by atoms with E-state index in [2.05, 4.69) is 10.4 Å². The lowest BCUT2D eigenvalue weighted by molar-refractivity contribution is 0.110. The lowest BCUT2D eigenvalue weighted by Gasteiger charge is -2.14. The van der Waals surface area contributed by atoms with Crippen molar-refractivity contribution < 1.29 is 4.74 Å². The van der Waals surface area contributed by atoms with Gasteiger partial charge in [0.25, 0.3) is 0 Å². The first-order valence-corrected chi connectivity index (χ1v) is 7.33. The maximum Gasteiger partial charge on any atom is 0.147 e. The SMILES string of the molecule is NNc1nc(CC2CCCO2)nc2c1CCCCC2. The Balaban J connectivity index is 1.86. The van der Waals surface area contributed by atoms with Gasteiger partial charge in [-0.05, 0) is 38.5 Å². The smallest absolute Gasteiger partial charge is 0.147 e. The maximum absolute atomic E-state index is 5.67. The van der Waals surface area contributed by atoms with E-state index in [1.807, 2.05) is 0 Å². The van der Waals surface area contributed by atoms with E-state index >= 15 is 0 Å². The summed E-state index contributed by atoms with van der Waals surface area (Å²) in [5, 5.41) is 0. The maximum atomic E-state index is 5.67. The highest BCUT2D eigenvalue weighted by molar-refractivity contribution is 5.46. The molecule has 1 aromatic rings. The number of nitrogen functional groups attached to an aromatic ring is 1. The van der Waals surface area contributed by atoms with E-state index in [9.17, 15) is 0 Å². The van der Waals surface area contributed by atoms with Gasteiger partial charge in [-0.15, -0.1) is 0 Å². The Labute approximate surface area is 113 Å². The van der Waals surface area contributed by atoms with Crippen LogP contribution in [0.15, 0.2) is 0 Å². The van der Waals surface area contributed by atoms with Crippen molar-refractivity contribution >= 4 is 5.82 Å². The number of fused-ring (bicyclic) bond motifs is 1. The van der Waals surface area contributed by atoms with Crippen molar-refractivity contribution in [2.24, 2.45) is 5.84 Å². The summed E-state index contributed by atoms with van der Waals surface area (Å²) in [5.41, 5.74) is 5.16. The van der Waals surface area contributed by atoms with Crippen molar-refractivity contribution in [1.82, 2.24) is 9.97 Å². The first-order valence-electron chi connectivity index (χ1n) is 7.33. The minimum atomic E-state index is 0.287. The highest BCUT2D eigenvalue weighted by Crippen LogP contribution is 2.25. The summed E-state index contributed by atoms with van der Waals surface area (Å²) in [6, 6.07) is 0. The van der Waals surface area contributed by atoms with Crippen LogP contribution in [0.5, 0.6) is 0 Å². The molecule has 1 aliphatic heterocycles. The summed E-state index contributed by atoms with van der Waals surface area (Å²) in [7, 11) is 0. The molecule has 0 aromatic carbocycles. The number of aryl methyl sites for hydroxylation is 1. The monoisotopic (exact) mass is 262 g/mol. The summed E-state index contributed by atoms with van der Waals surface area (Å²) in [6.45, 7) is 0.873. The zero-order valence-corrected chi connectivity index (χ0v) is 11.3. The van der Waals surface area contributed by atoms with Crippen LogP contribution in [0.3, 0.4) is 0 Å². The van der Waals surface area contributed by atoms with Crippen LogP contribution in [0.4, 0.5) is 5.82 Å². The Bertz CT molecular complexity index is 443. The quantitative estimate of drug-likeness (QED) is 0.493. The van der Waals surface area contributed by atoms with Gasteiger partial charge >= 0.3 is 0 Å². The van der Waals surface area contributed by atoms with E-state index in [0.717, 1.165) is 50.4 Å². The molecule has 19 heavy (non-hydrogen) atoms. The highest BCUT2D eigenvalue weighted by Gasteiger charge is 2.20. The molecule has 1 fully saturated rings. The van der Waals surface area contributed by atoms with Crippen LogP contribution >= 0.6 is 0 Å². The highest BCUT2D eigenvalue weighted by atomic mass is 16.5. The average molecular weight is 262 g/mol. The predicted molar refractivity (Wildman–Crippen MR) is 73.8 cm³/mol. The van der Waals surface area contributed by atoms with Crippen molar-refractivity contribution in [3.8, 4) is 0 Å². The molecule has 1 unspecified atom stereocenters. The van der Waals surface area contributed by atoms with Crippen LogP contribution in [0.25, 0.3) is 0 Å². The second kappa shape index (κ2) is 5.84. The number of aromatic nitrogens is 2. The van der Waals surface area contributed by atoms with Crippen LogP contribution in [-0.2, 0) is 24.0 Å². The van der Waals surface area contributed by atoms with Gasteiger partial charge in [-0.3, -0.25) is 0 Å². The van der Waals surface area contributed by atoms with Gasteiger partial charge in [-0.2, -0.15) is 0 Å². The third-order valence-electron chi connectivity index (χ3n) is 4.05. The molecule has 0 saturated carbocycles. The Hall–Kier alpha value is -1.20. The molecule has 1 atom stereocenters. The topological polar surface area (TPSA) is 73.1 Å². The normalized spacial score (nSPS) is 22.9. The van der Waals surface area contributed by atoms with Crippen LogP contribution < -0.4 is 11.3 Å². The molecule has 3 rings (SSSR count). The Morgan fingerprint density at radius 2 is 2.05 bits per heavy atom. The van der Waals surface area contributed by atoms with Gasteiger partial charge in [0.2, 0.25) is 0 Å². The number of hydrogen-bond donors (Lipinski definition) is 2. The van der Waals surface area contributed by atoms with Crippen LogP contribution in [0, 0.1) is 0 Å². The van der Waals surface area contributed by atoms with Crippen LogP contribution in [0.2, 0.25) is 0 Å². The first-order chi connectivity index (χ1) is 9.36. The summed E-state index contributed by atoms with van der Waals surface area (Å²) in [4.78, 5) is 9.34. The molecule has 3 N–H and O–H groups in total. The number of anilines is 1. The van der Waals surface area contributed by atoms with Gasteiger partial charge in [0.05, 0.1) is 6.10 Å². The molecule has 104 valence electrons. The summed E-state index contributed by atoms with van der Waals surface area (Å²) < 4.78 is 5.67. The fourth-order valence-electron chi connectivity index (χ4n) is 3.04. The molecule has 2 heterocycles. The Morgan fingerprint density at radius 3 is 2.84 bits per heavy atom. The van der Waals surface area contributed by atoms with Crippen LogP contribution in [-0.4, -0.2) is 22.7 Å². The van der Waals surface area contributed by atoms with Gasteiger partial charge in [0.1, 0.15) is 11.6 Å². The van der Waals surface area contributed by atoms with E-state index in [1.54, 1.807) is 0 Å². The number of nitrogens with zero attached hydrogens (tertiary/aromatic N) is 2. The van der Waals surface area contributed by atoms with Gasteiger partial charge < -0.3 is 10.2 Å². The summed E-state index contributed by atoms with van der Waals surface area (Å²) in [5.74, 6) is 7.33. The lowest BCUT2D eigenvalue weighted by atomic mass is 10.1. The third kappa shape index (κ3) is 2.87. The van der Waals surface area contributed by atoms with E-state index in [4.69, 9.17) is 15.6 Å². The largest absolute Gasteiger partial charge is 0.378 e. The number of ether oxygens (including phenoxy) is 1. The van der Waals surface area contributed by atoms with E-state index < -0.39 is 0 Å². The fraction of sp³-hybridized carbons (Fsp3) is 0.714. The number of nitrogens with two attached hydrogens (primary N) is 1. The molecule has 5 nitrogen and oxygen atoms in total. The van der Waals surface area contributed by atoms with Crippen LogP contribution in [0.1, 0.15) is 49.2 Å². The van der Waals surface area contributed by atoms with Gasteiger partial charge in [0, 0.05) is 24.3 Å². The number of nitrogens with one attached hydrogen (secondary N) is 1. The molecule has 1 saturated heterocycles. The molecule has 0 spiro atoms.